The molecular formula is C15H22ClF3N2O. The van der Waals surface area contributed by atoms with E-state index in [-0.39, 0.29) is 12.4 Å². The van der Waals surface area contributed by atoms with Crippen molar-refractivity contribution in [2.45, 2.75) is 26.1 Å². The first kappa shape index (κ1) is 19.1. The third-order valence-corrected chi connectivity index (χ3v) is 3.78. The van der Waals surface area contributed by atoms with Gasteiger partial charge in [-0.05, 0) is 50.6 Å². The minimum Gasteiger partial charge on any atom is -0.494 e. The highest BCUT2D eigenvalue weighted by atomic mass is 35.5. The van der Waals surface area contributed by atoms with Crippen molar-refractivity contribution in [3.8, 4) is 5.75 Å². The molecule has 3 nitrogen and oxygen atoms in total. The monoisotopic (exact) mass is 338 g/mol. The molecule has 1 saturated heterocycles. The number of rotatable bonds is 5. The Morgan fingerprint density at radius 3 is 2.64 bits per heavy atom. The first-order chi connectivity index (χ1) is 9.94. The summed E-state index contributed by atoms with van der Waals surface area (Å²) in [5.74, 6) is 0.966. The molecule has 0 aromatic heterocycles. The molecule has 1 aromatic carbocycles. The van der Waals surface area contributed by atoms with Crippen LogP contribution in [-0.2, 0) is 12.7 Å². The number of nitrogens with two attached hydrogens (primary N) is 1. The molecule has 0 radical (unpaired) electrons. The summed E-state index contributed by atoms with van der Waals surface area (Å²) in [7, 11) is 0. The molecule has 0 spiro atoms. The van der Waals surface area contributed by atoms with Crippen molar-refractivity contribution < 1.29 is 17.9 Å². The van der Waals surface area contributed by atoms with E-state index in [4.69, 9.17) is 10.5 Å². The van der Waals surface area contributed by atoms with Crippen molar-refractivity contribution in [1.29, 1.82) is 0 Å². The van der Waals surface area contributed by atoms with Crippen LogP contribution in [0.25, 0.3) is 0 Å². The van der Waals surface area contributed by atoms with Gasteiger partial charge in [0.1, 0.15) is 5.75 Å². The van der Waals surface area contributed by atoms with E-state index in [1.165, 1.54) is 12.1 Å². The van der Waals surface area contributed by atoms with Gasteiger partial charge in [0.05, 0.1) is 12.2 Å². The summed E-state index contributed by atoms with van der Waals surface area (Å²) in [5, 5.41) is 0. The predicted molar refractivity (Wildman–Crippen MR) is 82.3 cm³/mol. The molecule has 1 heterocycles. The largest absolute Gasteiger partial charge is 0.494 e. The number of benzene rings is 1. The highest BCUT2D eigenvalue weighted by Crippen LogP contribution is 2.33. The van der Waals surface area contributed by atoms with Gasteiger partial charge >= 0.3 is 6.18 Å². The Bertz CT molecular complexity index is 482. The summed E-state index contributed by atoms with van der Waals surface area (Å²) in [6.07, 6.45) is -3.33. The molecule has 1 aliphatic heterocycles. The fourth-order valence-corrected chi connectivity index (χ4v) is 2.67. The lowest BCUT2D eigenvalue weighted by molar-refractivity contribution is -0.137. The summed E-state index contributed by atoms with van der Waals surface area (Å²) >= 11 is 0. The summed E-state index contributed by atoms with van der Waals surface area (Å²) in [6, 6.07) is 3.68. The second kappa shape index (κ2) is 8.04. The Morgan fingerprint density at radius 1 is 1.36 bits per heavy atom. The Hall–Kier alpha value is -0.980. The van der Waals surface area contributed by atoms with Gasteiger partial charge in [-0.15, -0.1) is 12.4 Å². The average molecular weight is 339 g/mol. The number of nitrogens with zero attached hydrogens (tertiary/aromatic N) is 1. The summed E-state index contributed by atoms with van der Waals surface area (Å²) in [4.78, 5) is 2.13. The van der Waals surface area contributed by atoms with Gasteiger partial charge in [0, 0.05) is 18.7 Å². The number of hydrogen-bond donors (Lipinski definition) is 1. The summed E-state index contributed by atoms with van der Waals surface area (Å²) in [5.41, 5.74) is 5.61. The molecule has 2 N–H and O–H groups in total. The highest BCUT2D eigenvalue weighted by Gasteiger charge is 2.31. The summed E-state index contributed by atoms with van der Waals surface area (Å²) < 4.78 is 44.0. The van der Waals surface area contributed by atoms with E-state index in [2.05, 4.69) is 4.90 Å². The molecule has 0 unspecified atom stereocenters. The molecule has 126 valence electrons. The standard InChI is InChI=1S/C15H21F3N2O.ClH/c1-2-21-14-4-3-13(15(16,17)18)7-12(14)10-20-6-5-11(8-19)9-20;/h3-4,7,11H,2,5-6,8-10,19H2,1H3;1H/t11-;/m0./s1. The highest BCUT2D eigenvalue weighted by molar-refractivity contribution is 5.85. The van der Waals surface area contributed by atoms with Gasteiger partial charge in [-0.2, -0.15) is 13.2 Å². The molecule has 0 bridgehead atoms. The molecule has 0 aliphatic carbocycles. The van der Waals surface area contributed by atoms with Crippen LogP contribution in [0.1, 0.15) is 24.5 Å². The van der Waals surface area contributed by atoms with Gasteiger partial charge in [0.2, 0.25) is 0 Å². The van der Waals surface area contributed by atoms with Crippen molar-refractivity contribution in [3.05, 3.63) is 29.3 Å². The zero-order chi connectivity index (χ0) is 15.5. The lowest BCUT2D eigenvalue weighted by Crippen LogP contribution is -2.23. The third-order valence-electron chi connectivity index (χ3n) is 3.78. The predicted octanol–water partition coefficient (Wildman–Crippen LogP) is 3.31. The van der Waals surface area contributed by atoms with E-state index in [1.54, 1.807) is 0 Å². The maximum Gasteiger partial charge on any atom is 0.416 e. The van der Waals surface area contributed by atoms with E-state index < -0.39 is 11.7 Å². The van der Waals surface area contributed by atoms with Crippen LogP contribution in [-0.4, -0.2) is 31.1 Å². The van der Waals surface area contributed by atoms with Crippen LogP contribution in [0.2, 0.25) is 0 Å². The fourth-order valence-electron chi connectivity index (χ4n) is 2.67. The Kier molecular flexibility index (Phi) is 6.97. The van der Waals surface area contributed by atoms with Crippen LogP contribution < -0.4 is 10.5 Å². The van der Waals surface area contributed by atoms with E-state index in [9.17, 15) is 13.2 Å². The van der Waals surface area contributed by atoms with Crippen molar-refractivity contribution in [1.82, 2.24) is 4.90 Å². The van der Waals surface area contributed by atoms with E-state index in [0.717, 1.165) is 25.6 Å². The van der Waals surface area contributed by atoms with E-state index >= 15 is 0 Å². The zero-order valence-electron chi connectivity index (χ0n) is 12.5. The van der Waals surface area contributed by atoms with Crippen LogP contribution in [0.15, 0.2) is 18.2 Å². The molecule has 0 amide bonds. The lowest BCUT2D eigenvalue weighted by Gasteiger charge is -2.19. The maximum absolute atomic E-state index is 12.8. The maximum atomic E-state index is 12.8. The Labute approximate surface area is 135 Å². The van der Waals surface area contributed by atoms with Gasteiger partial charge in [0.15, 0.2) is 0 Å². The topological polar surface area (TPSA) is 38.5 Å². The number of alkyl halides is 3. The van der Waals surface area contributed by atoms with Crippen LogP contribution in [0.3, 0.4) is 0 Å². The van der Waals surface area contributed by atoms with Crippen LogP contribution in [0, 0.1) is 5.92 Å². The van der Waals surface area contributed by atoms with E-state index in [0.29, 0.717) is 36.9 Å². The molecule has 1 atom stereocenters. The number of halogens is 4. The average Bonchev–Trinajstić information content (AvgIpc) is 2.87. The van der Waals surface area contributed by atoms with Crippen LogP contribution in [0.4, 0.5) is 13.2 Å². The fraction of sp³-hybridized carbons (Fsp3) is 0.600. The summed E-state index contributed by atoms with van der Waals surface area (Å²) in [6.45, 7) is 5.04. The molecular weight excluding hydrogens is 317 g/mol. The molecule has 7 heteroatoms. The molecule has 1 aromatic rings. The van der Waals surface area contributed by atoms with Gasteiger partial charge in [-0.25, -0.2) is 0 Å². The molecule has 2 rings (SSSR count). The Balaban J connectivity index is 0.00000242. The molecule has 1 aliphatic rings. The number of likely N-dealkylation sites (tertiary alicyclic amines) is 1. The Morgan fingerprint density at radius 2 is 2.09 bits per heavy atom. The molecule has 1 fully saturated rings. The van der Waals surface area contributed by atoms with Gasteiger partial charge in [0.25, 0.3) is 0 Å². The molecule has 22 heavy (non-hydrogen) atoms. The molecule has 0 saturated carbocycles. The van der Waals surface area contributed by atoms with Crippen molar-refractivity contribution in [2.24, 2.45) is 11.7 Å². The lowest BCUT2D eigenvalue weighted by atomic mass is 10.1. The van der Waals surface area contributed by atoms with Gasteiger partial charge in [-0.1, -0.05) is 0 Å². The number of hydrogen-bond acceptors (Lipinski definition) is 3. The second-order valence-electron chi connectivity index (χ2n) is 5.38. The van der Waals surface area contributed by atoms with Crippen molar-refractivity contribution in [2.75, 3.05) is 26.2 Å². The quantitative estimate of drug-likeness (QED) is 0.895. The third kappa shape index (κ3) is 4.76. The normalized spacial score (nSPS) is 19.0. The van der Waals surface area contributed by atoms with Gasteiger partial charge < -0.3 is 10.5 Å². The minimum atomic E-state index is -4.33. The zero-order valence-corrected chi connectivity index (χ0v) is 13.3. The van der Waals surface area contributed by atoms with Crippen LogP contribution in [0.5, 0.6) is 5.75 Å². The SMILES string of the molecule is CCOc1ccc(C(F)(F)F)cc1CN1CC[C@@H](CN)C1.Cl. The first-order valence-electron chi connectivity index (χ1n) is 7.19. The van der Waals surface area contributed by atoms with Crippen molar-refractivity contribution in [3.63, 3.8) is 0 Å². The number of ether oxygens (including phenoxy) is 1. The minimum absolute atomic E-state index is 0. The van der Waals surface area contributed by atoms with Crippen molar-refractivity contribution >= 4 is 12.4 Å². The van der Waals surface area contributed by atoms with Crippen LogP contribution >= 0.6 is 12.4 Å². The second-order valence-corrected chi connectivity index (χ2v) is 5.38. The first-order valence-corrected chi connectivity index (χ1v) is 7.19. The van der Waals surface area contributed by atoms with Gasteiger partial charge in [-0.3, -0.25) is 4.90 Å². The van der Waals surface area contributed by atoms with E-state index in [1.807, 2.05) is 6.92 Å². The smallest absolute Gasteiger partial charge is 0.416 e.